The fourth-order valence-corrected chi connectivity index (χ4v) is 3.70. The number of sulfonamides is 1. The van der Waals surface area contributed by atoms with Gasteiger partial charge in [0.1, 0.15) is 18.0 Å². The first-order valence-corrected chi connectivity index (χ1v) is 10.1. The standard InChI is InChI=1S/C20H22N2O7S/c1-6-7-12-29-14-8-10-15(11-9-14)30(24,25)22(2)18-16(20(23)28-5)13-17(26-3)21-19(18)27-4/h8-11,13H,12H2,1-5H3. The average molecular weight is 434 g/mol. The first-order chi connectivity index (χ1) is 14.3. The second-order valence-corrected chi connectivity index (χ2v) is 7.69. The van der Waals surface area contributed by atoms with Crippen LogP contribution in [0.25, 0.3) is 0 Å². The summed E-state index contributed by atoms with van der Waals surface area (Å²) in [5.41, 5.74) is -0.158. The maximum atomic E-state index is 13.2. The predicted molar refractivity (Wildman–Crippen MR) is 110 cm³/mol. The number of carbonyl (C=O) groups is 1. The van der Waals surface area contributed by atoms with E-state index in [-0.39, 0.29) is 34.5 Å². The normalized spacial score (nSPS) is 10.4. The second-order valence-electron chi connectivity index (χ2n) is 5.72. The van der Waals surface area contributed by atoms with Gasteiger partial charge in [0.15, 0.2) is 0 Å². The second kappa shape index (κ2) is 9.84. The molecule has 10 heteroatoms. The third-order valence-electron chi connectivity index (χ3n) is 4.03. The van der Waals surface area contributed by atoms with Crippen LogP contribution in [0.15, 0.2) is 35.2 Å². The zero-order valence-corrected chi connectivity index (χ0v) is 18.1. The van der Waals surface area contributed by atoms with Crippen molar-refractivity contribution >= 4 is 21.7 Å². The molecule has 1 aromatic heterocycles. The molecule has 0 aliphatic rings. The van der Waals surface area contributed by atoms with E-state index in [9.17, 15) is 13.2 Å². The van der Waals surface area contributed by atoms with E-state index in [4.69, 9.17) is 18.9 Å². The van der Waals surface area contributed by atoms with Crippen molar-refractivity contribution in [1.82, 2.24) is 4.98 Å². The molecule has 0 N–H and O–H groups in total. The van der Waals surface area contributed by atoms with Gasteiger partial charge in [-0.05, 0) is 31.2 Å². The van der Waals surface area contributed by atoms with Crippen molar-refractivity contribution in [3.05, 3.63) is 35.9 Å². The number of ether oxygens (including phenoxy) is 4. The van der Waals surface area contributed by atoms with Crippen LogP contribution in [0, 0.1) is 11.8 Å². The van der Waals surface area contributed by atoms with Crippen LogP contribution in [0.4, 0.5) is 5.69 Å². The highest BCUT2D eigenvalue weighted by Gasteiger charge is 2.30. The number of carbonyl (C=O) groups excluding carboxylic acids is 1. The van der Waals surface area contributed by atoms with Crippen molar-refractivity contribution in [1.29, 1.82) is 0 Å². The minimum Gasteiger partial charge on any atom is -0.481 e. The SMILES string of the molecule is CC#CCOc1ccc(S(=O)(=O)N(C)c2c(C(=O)OC)cc(OC)nc2OC)cc1. The van der Waals surface area contributed by atoms with Crippen molar-refractivity contribution in [2.75, 3.05) is 39.3 Å². The molecular weight excluding hydrogens is 412 g/mol. The lowest BCUT2D eigenvalue weighted by Crippen LogP contribution is -2.29. The van der Waals surface area contributed by atoms with Gasteiger partial charge in [-0.15, -0.1) is 5.92 Å². The third-order valence-corrected chi connectivity index (χ3v) is 5.80. The van der Waals surface area contributed by atoms with E-state index in [0.29, 0.717) is 5.75 Å². The van der Waals surface area contributed by atoms with E-state index in [1.54, 1.807) is 6.92 Å². The van der Waals surface area contributed by atoms with E-state index in [0.717, 1.165) is 4.31 Å². The van der Waals surface area contributed by atoms with Crippen molar-refractivity contribution in [3.63, 3.8) is 0 Å². The van der Waals surface area contributed by atoms with Crippen molar-refractivity contribution in [3.8, 4) is 29.4 Å². The van der Waals surface area contributed by atoms with E-state index in [1.165, 1.54) is 58.7 Å². The number of benzene rings is 1. The molecule has 0 fully saturated rings. The van der Waals surface area contributed by atoms with Gasteiger partial charge in [0.2, 0.25) is 11.8 Å². The van der Waals surface area contributed by atoms with Crippen LogP contribution >= 0.6 is 0 Å². The summed E-state index contributed by atoms with van der Waals surface area (Å²) in [6, 6.07) is 7.09. The number of hydrogen-bond donors (Lipinski definition) is 0. The summed E-state index contributed by atoms with van der Waals surface area (Å²) in [7, 11) is 1.06. The van der Waals surface area contributed by atoms with Gasteiger partial charge in [0, 0.05) is 13.1 Å². The van der Waals surface area contributed by atoms with Gasteiger partial charge < -0.3 is 18.9 Å². The fraction of sp³-hybridized carbons (Fsp3) is 0.300. The molecule has 0 aliphatic carbocycles. The summed E-state index contributed by atoms with van der Waals surface area (Å²) < 4.78 is 47.7. The largest absolute Gasteiger partial charge is 0.481 e. The van der Waals surface area contributed by atoms with Crippen LogP contribution in [-0.4, -0.2) is 54.4 Å². The van der Waals surface area contributed by atoms with E-state index >= 15 is 0 Å². The Morgan fingerprint density at radius 3 is 2.33 bits per heavy atom. The van der Waals surface area contributed by atoms with Crippen molar-refractivity contribution in [2.24, 2.45) is 0 Å². The summed E-state index contributed by atoms with van der Waals surface area (Å²) >= 11 is 0. The number of anilines is 1. The maximum absolute atomic E-state index is 13.2. The van der Waals surface area contributed by atoms with Crippen LogP contribution in [0.5, 0.6) is 17.5 Å². The van der Waals surface area contributed by atoms with Crippen LogP contribution in [0.3, 0.4) is 0 Å². The molecule has 0 radical (unpaired) electrons. The molecule has 0 saturated heterocycles. The minimum absolute atomic E-state index is 0.0207. The fourth-order valence-electron chi connectivity index (χ4n) is 2.49. The van der Waals surface area contributed by atoms with Crippen molar-refractivity contribution in [2.45, 2.75) is 11.8 Å². The highest BCUT2D eigenvalue weighted by atomic mass is 32.2. The molecule has 2 rings (SSSR count). The molecule has 9 nitrogen and oxygen atoms in total. The van der Waals surface area contributed by atoms with Gasteiger partial charge >= 0.3 is 5.97 Å². The molecule has 0 unspecified atom stereocenters. The molecule has 0 amide bonds. The third kappa shape index (κ3) is 4.75. The molecule has 0 aliphatic heterocycles. The maximum Gasteiger partial charge on any atom is 0.340 e. The van der Waals surface area contributed by atoms with E-state index in [1.807, 2.05) is 0 Å². The Kier molecular flexibility index (Phi) is 7.49. The summed E-state index contributed by atoms with van der Waals surface area (Å²) in [6.07, 6.45) is 0. The summed E-state index contributed by atoms with van der Waals surface area (Å²) in [4.78, 5) is 16.4. The predicted octanol–water partition coefficient (Wildman–Crippen LogP) is 2.11. The van der Waals surface area contributed by atoms with Crippen LogP contribution in [0.1, 0.15) is 17.3 Å². The minimum atomic E-state index is -4.07. The molecule has 0 saturated carbocycles. The Bertz CT molecular complexity index is 1070. The molecule has 160 valence electrons. The summed E-state index contributed by atoms with van der Waals surface area (Å²) in [5, 5.41) is 0. The van der Waals surface area contributed by atoms with Gasteiger partial charge in [-0.3, -0.25) is 4.31 Å². The molecule has 1 aromatic carbocycles. The molecular formula is C20H22N2O7S. The molecule has 1 heterocycles. The lowest BCUT2D eigenvalue weighted by molar-refractivity contribution is 0.0600. The van der Waals surface area contributed by atoms with Crippen LogP contribution < -0.4 is 18.5 Å². The molecule has 0 atom stereocenters. The van der Waals surface area contributed by atoms with Gasteiger partial charge in [-0.25, -0.2) is 13.2 Å². The first-order valence-electron chi connectivity index (χ1n) is 8.62. The lowest BCUT2D eigenvalue weighted by Gasteiger charge is -2.23. The molecule has 30 heavy (non-hydrogen) atoms. The van der Waals surface area contributed by atoms with Gasteiger partial charge in [0.05, 0.1) is 31.8 Å². The first kappa shape index (κ1) is 22.8. The van der Waals surface area contributed by atoms with Gasteiger partial charge in [-0.2, -0.15) is 4.98 Å². The van der Waals surface area contributed by atoms with E-state index in [2.05, 4.69) is 16.8 Å². The van der Waals surface area contributed by atoms with E-state index < -0.39 is 16.0 Å². The number of nitrogens with zero attached hydrogens (tertiary/aromatic N) is 2. The number of aromatic nitrogens is 1. The molecule has 0 bridgehead atoms. The molecule has 2 aromatic rings. The smallest absolute Gasteiger partial charge is 0.340 e. The Hall–Kier alpha value is -3.45. The molecule has 0 spiro atoms. The highest BCUT2D eigenvalue weighted by Crippen LogP contribution is 2.36. The zero-order valence-electron chi connectivity index (χ0n) is 17.3. The number of esters is 1. The topological polar surface area (TPSA) is 104 Å². The number of hydrogen-bond acceptors (Lipinski definition) is 8. The van der Waals surface area contributed by atoms with Crippen LogP contribution in [0.2, 0.25) is 0 Å². The monoisotopic (exact) mass is 434 g/mol. The van der Waals surface area contributed by atoms with Gasteiger partial charge in [0.25, 0.3) is 10.0 Å². The Morgan fingerprint density at radius 1 is 1.13 bits per heavy atom. The Morgan fingerprint density at radius 2 is 1.80 bits per heavy atom. The highest BCUT2D eigenvalue weighted by molar-refractivity contribution is 7.92. The van der Waals surface area contributed by atoms with Crippen molar-refractivity contribution < 1.29 is 32.2 Å². The summed E-state index contributed by atoms with van der Waals surface area (Å²) in [5.74, 6) is 5.11. The van der Waals surface area contributed by atoms with Gasteiger partial charge in [-0.1, -0.05) is 5.92 Å². The van der Waals surface area contributed by atoms with Crippen LogP contribution in [-0.2, 0) is 14.8 Å². The lowest BCUT2D eigenvalue weighted by atomic mass is 10.2. The Labute approximate surface area is 175 Å². The number of methoxy groups -OCH3 is 3. The average Bonchev–Trinajstić information content (AvgIpc) is 2.77. The zero-order chi connectivity index (χ0) is 22.3. The summed E-state index contributed by atoms with van der Waals surface area (Å²) in [6.45, 7) is 1.89. The quantitative estimate of drug-likeness (QED) is 0.460. The Balaban J connectivity index is 2.51. The number of pyridine rings is 1. The number of rotatable bonds is 8.